The molecule has 0 radical (unpaired) electrons. The second-order valence-corrected chi connectivity index (χ2v) is 6.81. The Morgan fingerprint density at radius 3 is 2.68 bits per heavy atom. The van der Waals surface area contributed by atoms with Crippen LogP contribution in [0.4, 0.5) is 0 Å². The highest BCUT2D eigenvalue weighted by atomic mass is 16.5. The molecule has 0 amide bonds. The Morgan fingerprint density at radius 1 is 1.24 bits per heavy atom. The van der Waals surface area contributed by atoms with Crippen LogP contribution in [0.3, 0.4) is 0 Å². The lowest BCUT2D eigenvalue weighted by atomic mass is 9.81. The SMILES string of the molecule is Cc1noc(COc2ccc(OC(=O)CC3CCCC(C)C3)cc2)n1. The van der Waals surface area contributed by atoms with Gasteiger partial charge in [-0.15, -0.1) is 0 Å². The number of hydrogen-bond acceptors (Lipinski definition) is 6. The zero-order valence-electron chi connectivity index (χ0n) is 14.7. The van der Waals surface area contributed by atoms with Crippen LogP contribution in [0, 0.1) is 18.8 Å². The molecule has 134 valence electrons. The maximum atomic E-state index is 12.1. The van der Waals surface area contributed by atoms with Crippen molar-refractivity contribution in [2.75, 3.05) is 0 Å². The molecule has 6 nitrogen and oxygen atoms in total. The van der Waals surface area contributed by atoms with E-state index in [2.05, 4.69) is 17.1 Å². The molecule has 1 heterocycles. The minimum absolute atomic E-state index is 0.158. The van der Waals surface area contributed by atoms with Crippen LogP contribution in [-0.4, -0.2) is 16.1 Å². The fourth-order valence-electron chi connectivity index (χ4n) is 3.30. The summed E-state index contributed by atoms with van der Waals surface area (Å²) in [4.78, 5) is 16.2. The molecular weight excluding hydrogens is 320 g/mol. The number of carbonyl (C=O) groups excluding carboxylic acids is 1. The Labute approximate surface area is 147 Å². The van der Waals surface area contributed by atoms with Crippen molar-refractivity contribution in [3.63, 3.8) is 0 Å². The van der Waals surface area contributed by atoms with Crippen molar-refractivity contribution in [1.82, 2.24) is 10.1 Å². The van der Waals surface area contributed by atoms with E-state index in [1.165, 1.54) is 12.8 Å². The monoisotopic (exact) mass is 344 g/mol. The zero-order chi connectivity index (χ0) is 17.6. The fourth-order valence-corrected chi connectivity index (χ4v) is 3.30. The van der Waals surface area contributed by atoms with Crippen molar-refractivity contribution < 1.29 is 18.8 Å². The van der Waals surface area contributed by atoms with Gasteiger partial charge in [0, 0.05) is 6.42 Å². The molecule has 3 rings (SSSR count). The number of ether oxygens (including phenoxy) is 2. The topological polar surface area (TPSA) is 74.5 Å². The molecule has 1 saturated carbocycles. The van der Waals surface area contributed by atoms with E-state index in [9.17, 15) is 4.79 Å². The predicted octanol–water partition coefficient (Wildman–Crippen LogP) is 4.08. The summed E-state index contributed by atoms with van der Waals surface area (Å²) in [6, 6.07) is 6.98. The van der Waals surface area contributed by atoms with Gasteiger partial charge in [-0.2, -0.15) is 4.98 Å². The Balaban J connectivity index is 1.46. The largest absolute Gasteiger partial charge is 0.484 e. The first-order chi connectivity index (χ1) is 12.1. The first-order valence-electron chi connectivity index (χ1n) is 8.81. The summed E-state index contributed by atoms with van der Waals surface area (Å²) in [6.45, 7) is 4.22. The lowest BCUT2D eigenvalue weighted by molar-refractivity contribution is -0.135. The van der Waals surface area contributed by atoms with Gasteiger partial charge in [0.05, 0.1) is 0 Å². The lowest BCUT2D eigenvalue weighted by Gasteiger charge is -2.25. The third-order valence-electron chi connectivity index (χ3n) is 4.49. The van der Waals surface area contributed by atoms with E-state index in [1.807, 2.05) is 0 Å². The van der Waals surface area contributed by atoms with Gasteiger partial charge in [-0.25, -0.2) is 0 Å². The van der Waals surface area contributed by atoms with Crippen molar-refractivity contribution in [3.8, 4) is 11.5 Å². The molecule has 0 aliphatic heterocycles. The number of aryl methyl sites for hydroxylation is 1. The highest BCUT2D eigenvalue weighted by Gasteiger charge is 2.22. The van der Waals surface area contributed by atoms with E-state index < -0.39 is 0 Å². The van der Waals surface area contributed by atoms with Crippen LogP contribution < -0.4 is 9.47 Å². The smallest absolute Gasteiger partial charge is 0.311 e. The predicted molar refractivity (Wildman–Crippen MR) is 91.2 cm³/mol. The van der Waals surface area contributed by atoms with Crippen molar-refractivity contribution in [2.45, 2.75) is 52.6 Å². The summed E-state index contributed by atoms with van der Waals surface area (Å²) in [5.74, 6) is 3.20. The Hall–Kier alpha value is -2.37. The number of aromatic nitrogens is 2. The van der Waals surface area contributed by atoms with Crippen molar-refractivity contribution in [3.05, 3.63) is 36.0 Å². The van der Waals surface area contributed by atoms with Crippen LogP contribution in [0.1, 0.15) is 50.7 Å². The lowest BCUT2D eigenvalue weighted by Crippen LogP contribution is -2.19. The highest BCUT2D eigenvalue weighted by molar-refractivity contribution is 5.72. The maximum absolute atomic E-state index is 12.1. The molecule has 0 N–H and O–H groups in total. The van der Waals surface area contributed by atoms with E-state index in [1.54, 1.807) is 31.2 Å². The maximum Gasteiger partial charge on any atom is 0.311 e. The average molecular weight is 344 g/mol. The molecular formula is C19H24N2O4. The van der Waals surface area contributed by atoms with Gasteiger partial charge in [0.15, 0.2) is 12.4 Å². The van der Waals surface area contributed by atoms with Gasteiger partial charge < -0.3 is 14.0 Å². The van der Waals surface area contributed by atoms with E-state index in [0.717, 1.165) is 12.8 Å². The van der Waals surface area contributed by atoms with Gasteiger partial charge in [0.1, 0.15) is 11.5 Å². The molecule has 6 heteroatoms. The van der Waals surface area contributed by atoms with E-state index in [4.69, 9.17) is 14.0 Å². The minimum atomic E-state index is -0.158. The van der Waals surface area contributed by atoms with E-state index in [-0.39, 0.29) is 12.6 Å². The molecule has 0 saturated heterocycles. The minimum Gasteiger partial charge on any atom is -0.484 e. The molecule has 2 aromatic rings. The van der Waals surface area contributed by atoms with Crippen molar-refractivity contribution in [2.24, 2.45) is 11.8 Å². The van der Waals surface area contributed by atoms with Crippen molar-refractivity contribution in [1.29, 1.82) is 0 Å². The third kappa shape index (κ3) is 5.31. The average Bonchev–Trinajstić information content (AvgIpc) is 2.99. The Morgan fingerprint density at radius 2 is 2.00 bits per heavy atom. The highest BCUT2D eigenvalue weighted by Crippen LogP contribution is 2.31. The van der Waals surface area contributed by atoms with Crippen LogP contribution in [0.15, 0.2) is 28.8 Å². The Kier molecular flexibility index (Phi) is 5.68. The van der Waals surface area contributed by atoms with Crippen LogP contribution in [0.2, 0.25) is 0 Å². The van der Waals surface area contributed by atoms with Crippen LogP contribution >= 0.6 is 0 Å². The molecule has 1 aliphatic rings. The summed E-state index contributed by atoms with van der Waals surface area (Å²) >= 11 is 0. The van der Waals surface area contributed by atoms with Gasteiger partial charge in [-0.1, -0.05) is 24.9 Å². The molecule has 0 spiro atoms. The molecule has 0 bridgehead atoms. The molecule has 1 fully saturated rings. The summed E-state index contributed by atoms with van der Waals surface area (Å²) in [6.07, 6.45) is 5.23. The van der Waals surface area contributed by atoms with Gasteiger partial charge >= 0.3 is 5.97 Å². The van der Waals surface area contributed by atoms with E-state index >= 15 is 0 Å². The molecule has 25 heavy (non-hydrogen) atoms. The first-order valence-corrected chi connectivity index (χ1v) is 8.81. The zero-order valence-corrected chi connectivity index (χ0v) is 14.7. The number of rotatable bonds is 6. The fraction of sp³-hybridized carbons (Fsp3) is 0.526. The van der Waals surface area contributed by atoms with Crippen LogP contribution in [-0.2, 0) is 11.4 Å². The Bertz CT molecular complexity index is 696. The number of esters is 1. The van der Waals surface area contributed by atoms with E-state index in [0.29, 0.717) is 41.5 Å². The number of benzene rings is 1. The molecule has 1 aromatic carbocycles. The summed E-state index contributed by atoms with van der Waals surface area (Å²) in [5.41, 5.74) is 0. The summed E-state index contributed by atoms with van der Waals surface area (Å²) < 4.78 is 16.0. The van der Waals surface area contributed by atoms with Crippen LogP contribution in [0.5, 0.6) is 11.5 Å². The normalized spacial score (nSPS) is 20.2. The summed E-state index contributed by atoms with van der Waals surface area (Å²) in [7, 11) is 0. The molecule has 2 unspecified atom stereocenters. The molecule has 1 aliphatic carbocycles. The van der Waals surface area contributed by atoms with Gasteiger partial charge in [0.25, 0.3) is 5.89 Å². The van der Waals surface area contributed by atoms with Gasteiger partial charge in [0.2, 0.25) is 0 Å². The number of hydrogen-bond donors (Lipinski definition) is 0. The number of nitrogens with zero attached hydrogens (tertiary/aromatic N) is 2. The second-order valence-electron chi connectivity index (χ2n) is 6.81. The number of carbonyl (C=O) groups is 1. The molecule has 1 aromatic heterocycles. The molecule has 2 atom stereocenters. The van der Waals surface area contributed by atoms with Crippen molar-refractivity contribution >= 4 is 5.97 Å². The third-order valence-corrected chi connectivity index (χ3v) is 4.49. The quantitative estimate of drug-likeness (QED) is 0.581. The van der Waals surface area contributed by atoms with Crippen LogP contribution in [0.25, 0.3) is 0 Å². The standard InChI is InChI=1S/C19H24N2O4/c1-13-4-3-5-15(10-13)11-19(22)24-17-8-6-16(7-9-17)23-12-18-20-14(2)21-25-18/h6-9,13,15H,3-5,10-12H2,1-2H3. The summed E-state index contributed by atoms with van der Waals surface area (Å²) in [5, 5.41) is 3.70. The second kappa shape index (κ2) is 8.14. The van der Waals surface area contributed by atoms with Gasteiger partial charge in [-0.05, 0) is 55.9 Å². The first kappa shape index (κ1) is 17.5. The van der Waals surface area contributed by atoms with Gasteiger partial charge in [-0.3, -0.25) is 4.79 Å².